The Bertz CT molecular complexity index is 473. The Morgan fingerprint density at radius 3 is 2.94 bits per heavy atom. The van der Waals surface area contributed by atoms with Gasteiger partial charge in [0.15, 0.2) is 0 Å². The largest absolute Gasteiger partial charge is 0.497 e. The van der Waals surface area contributed by atoms with Gasteiger partial charge in [0.05, 0.1) is 17.5 Å². The summed E-state index contributed by atoms with van der Waals surface area (Å²) in [4.78, 5) is 5.13. The molecule has 90 valence electrons. The molecule has 3 nitrogen and oxygen atoms in total. The van der Waals surface area contributed by atoms with E-state index >= 15 is 0 Å². The van der Waals surface area contributed by atoms with Gasteiger partial charge in [-0.2, -0.15) is 0 Å². The highest BCUT2D eigenvalue weighted by molar-refractivity contribution is 9.08. The lowest BCUT2D eigenvalue weighted by atomic mass is 10.2. The Morgan fingerprint density at radius 2 is 2.29 bits per heavy atom. The van der Waals surface area contributed by atoms with Crippen LogP contribution < -0.4 is 9.47 Å². The van der Waals surface area contributed by atoms with Crippen LogP contribution >= 0.6 is 27.3 Å². The maximum atomic E-state index is 5.76. The first-order chi connectivity index (χ1) is 8.33. The van der Waals surface area contributed by atoms with Crippen molar-refractivity contribution in [2.45, 2.75) is 11.9 Å². The van der Waals surface area contributed by atoms with E-state index in [1.54, 1.807) is 24.0 Å². The lowest BCUT2D eigenvalue weighted by Crippen LogP contribution is -1.96. The number of ether oxygens (including phenoxy) is 2. The van der Waals surface area contributed by atoms with Crippen molar-refractivity contribution in [3.63, 3.8) is 0 Å². The van der Waals surface area contributed by atoms with Crippen LogP contribution in [0.15, 0.2) is 29.9 Å². The topological polar surface area (TPSA) is 31.4 Å². The van der Waals surface area contributed by atoms with Gasteiger partial charge in [-0.05, 0) is 18.2 Å². The fraction of sp³-hybridized carbons (Fsp3) is 0.250. The summed E-state index contributed by atoms with van der Waals surface area (Å²) in [5, 5.41) is 0.738. The molecule has 5 heteroatoms. The molecule has 1 aromatic heterocycles. The Hall–Kier alpha value is -1.07. The molecule has 17 heavy (non-hydrogen) atoms. The molecule has 0 atom stereocenters. The number of methoxy groups -OCH3 is 1. The van der Waals surface area contributed by atoms with E-state index in [0.29, 0.717) is 6.61 Å². The van der Waals surface area contributed by atoms with Crippen molar-refractivity contribution in [1.29, 1.82) is 0 Å². The highest BCUT2D eigenvalue weighted by Gasteiger charge is 2.05. The number of nitrogens with zero attached hydrogens (tertiary/aromatic N) is 1. The fourth-order valence-electron chi connectivity index (χ4n) is 1.39. The summed E-state index contributed by atoms with van der Waals surface area (Å²) in [5.74, 6) is 1.71. The van der Waals surface area contributed by atoms with E-state index in [0.717, 1.165) is 27.3 Å². The highest BCUT2D eigenvalue weighted by atomic mass is 79.9. The van der Waals surface area contributed by atoms with Gasteiger partial charge in [-0.25, -0.2) is 0 Å². The van der Waals surface area contributed by atoms with Gasteiger partial charge in [-0.1, -0.05) is 15.9 Å². The van der Waals surface area contributed by atoms with Crippen molar-refractivity contribution < 1.29 is 9.47 Å². The molecule has 0 unspecified atom stereocenters. The van der Waals surface area contributed by atoms with Crippen molar-refractivity contribution in [1.82, 2.24) is 4.98 Å². The quantitative estimate of drug-likeness (QED) is 0.790. The van der Waals surface area contributed by atoms with Gasteiger partial charge >= 0.3 is 0 Å². The molecule has 0 saturated heterocycles. The monoisotopic (exact) mass is 313 g/mol. The Balaban J connectivity index is 2.09. The molecule has 0 bridgehead atoms. The number of hydrogen-bond acceptors (Lipinski definition) is 4. The number of rotatable bonds is 5. The Labute approximate surface area is 113 Å². The lowest BCUT2D eigenvalue weighted by molar-refractivity contribution is 0.306. The molecule has 2 aromatic rings. The third-order valence-electron chi connectivity index (χ3n) is 2.27. The lowest BCUT2D eigenvalue weighted by Gasteiger charge is -2.10. The molecule has 0 radical (unpaired) electrons. The summed E-state index contributed by atoms with van der Waals surface area (Å²) in [6.45, 7) is 0.553. The van der Waals surface area contributed by atoms with E-state index in [-0.39, 0.29) is 0 Å². The summed E-state index contributed by atoms with van der Waals surface area (Å²) in [6.07, 6.45) is 1.82. The van der Waals surface area contributed by atoms with E-state index in [1.807, 2.05) is 24.4 Å². The maximum absolute atomic E-state index is 5.76. The average molecular weight is 314 g/mol. The zero-order valence-corrected chi connectivity index (χ0v) is 11.8. The molecule has 2 rings (SSSR count). The van der Waals surface area contributed by atoms with E-state index in [4.69, 9.17) is 9.47 Å². The minimum atomic E-state index is 0.553. The fourth-order valence-corrected chi connectivity index (χ4v) is 2.33. The van der Waals surface area contributed by atoms with Gasteiger partial charge in [0.25, 0.3) is 0 Å². The molecule has 0 aliphatic rings. The molecular formula is C12H12BrNO2S. The van der Waals surface area contributed by atoms with Crippen LogP contribution in [0.3, 0.4) is 0 Å². The summed E-state index contributed by atoms with van der Waals surface area (Å²) in [5.41, 5.74) is 2.88. The number of alkyl halides is 1. The van der Waals surface area contributed by atoms with E-state index in [1.165, 1.54) is 0 Å². The van der Waals surface area contributed by atoms with E-state index in [2.05, 4.69) is 20.9 Å². The Morgan fingerprint density at radius 1 is 1.41 bits per heavy atom. The third kappa shape index (κ3) is 3.20. The molecule has 0 aliphatic heterocycles. The van der Waals surface area contributed by atoms with E-state index < -0.39 is 0 Å². The second kappa shape index (κ2) is 6.02. The van der Waals surface area contributed by atoms with Gasteiger partial charge in [0, 0.05) is 17.1 Å². The molecule has 0 saturated carbocycles. The van der Waals surface area contributed by atoms with Crippen LogP contribution in [0.1, 0.15) is 10.4 Å². The van der Waals surface area contributed by atoms with Crippen LogP contribution in [-0.2, 0) is 11.9 Å². The SMILES string of the molecule is COc1ccc(OCc2cncs2)c(CBr)c1. The van der Waals surface area contributed by atoms with Gasteiger partial charge in [0.1, 0.15) is 18.1 Å². The predicted molar refractivity (Wildman–Crippen MR) is 72.1 cm³/mol. The van der Waals surface area contributed by atoms with Crippen LogP contribution in [0, 0.1) is 0 Å². The molecule has 0 N–H and O–H groups in total. The van der Waals surface area contributed by atoms with Crippen molar-refractivity contribution in [2.24, 2.45) is 0 Å². The van der Waals surface area contributed by atoms with Crippen LogP contribution in [0.2, 0.25) is 0 Å². The van der Waals surface area contributed by atoms with Crippen LogP contribution in [-0.4, -0.2) is 12.1 Å². The van der Waals surface area contributed by atoms with Crippen LogP contribution in [0.25, 0.3) is 0 Å². The van der Waals surface area contributed by atoms with Crippen LogP contribution in [0.5, 0.6) is 11.5 Å². The van der Waals surface area contributed by atoms with Crippen LogP contribution in [0.4, 0.5) is 0 Å². The zero-order chi connectivity index (χ0) is 12.1. The third-order valence-corrected chi connectivity index (χ3v) is 3.62. The summed E-state index contributed by atoms with van der Waals surface area (Å²) < 4.78 is 10.9. The number of benzene rings is 1. The smallest absolute Gasteiger partial charge is 0.124 e. The molecule has 1 aromatic carbocycles. The van der Waals surface area contributed by atoms with Crippen molar-refractivity contribution in [2.75, 3.05) is 7.11 Å². The average Bonchev–Trinajstić information content (AvgIpc) is 2.89. The minimum Gasteiger partial charge on any atom is -0.497 e. The molecule has 0 aliphatic carbocycles. The molecule has 1 heterocycles. The standard InChI is InChI=1S/C12H12BrNO2S/c1-15-10-2-3-12(9(4-10)5-13)16-7-11-6-14-8-17-11/h2-4,6,8H,5,7H2,1H3. The normalized spacial score (nSPS) is 10.2. The summed E-state index contributed by atoms with van der Waals surface area (Å²) in [7, 11) is 1.66. The minimum absolute atomic E-state index is 0.553. The molecule has 0 amide bonds. The highest BCUT2D eigenvalue weighted by Crippen LogP contribution is 2.27. The number of thiazole rings is 1. The zero-order valence-electron chi connectivity index (χ0n) is 9.35. The summed E-state index contributed by atoms with van der Waals surface area (Å²) in [6, 6.07) is 5.79. The first-order valence-electron chi connectivity index (χ1n) is 5.06. The van der Waals surface area contributed by atoms with Crippen molar-refractivity contribution in [3.05, 3.63) is 40.3 Å². The number of aromatic nitrogens is 1. The number of halogens is 1. The predicted octanol–water partition coefficient (Wildman–Crippen LogP) is 3.63. The van der Waals surface area contributed by atoms with Crippen molar-refractivity contribution in [3.8, 4) is 11.5 Å². The van der Waals surface area contributed by atoms with Gasteiger partial charge in [0.2, 0.25) is 0 Å². The van der Waals surface area contributed by atoms with Gasteiger partial charge < -0.3 is 9.47 Å². The molecule has 0 fully saturated rings. The first kappa shape index (κ1) is 12.4. The second-order valence-corrected chi connectivity index (χ2v) is 4.90. The Kier molecular flexibility index (Phi) is 4.39. The second-order valence-electron chi connectivity index (χ2n) is 3.36. The van der Waals surface area contributed by atoms with E-state index in [9.17, 15) is 0 Å². The number of hydrogen-bond donors (Lipinski definition) is 0. The van der Waals surface area contributed by atoms with Gasteiger partial charge in [-0.3, -0.25) is 4.98 Å². The van der Waals surface area contributed by atoms with Gasteiger partial charge in [-0.15, -0.1) is 11.3 Å². The summed E-state index contributed by atoms with van der Waals surface area (Å²) >= 11 is 5.04. The first-order valence-corrected chi connectivity index (χ1v) is 7.06. The molecule has 0 spiro atoms. The maximum Gasteiger partial charge on any atom is 0.124 e. The molecular weight excluding hydrogens is 302 g/mol. The van der Waals surface area contributed by atoms with Crippen molar-refractivity contribution >= 4 is 27.3 Å².